The number of hydrogen-bond donors (Lipinski definition) is 0. The van der Waals surface area contributed by atoms with E-state index in [2.05, 4.69) is 32.1 Å². The Morgan fingerprint density at radius 2 is 1.93 bits per heavy atom. The van der Waals surface area contributed by atoms with Gasteiger partial charge >= 0.3 is 0 Å². The van der Waals surface area contributed by atoms with Gasteiger partial charge in [-0.1, -0.05) is 30.0 Å². The second-order valence-corrected chi connectivity index (χ2v) is 4.02. The summed E-state index contributed by atoms with van der Waals surface area (Å²) in [6, 6.07) is 9.91. The monoisotopic (exact) mass is 263 g/mol. The highest BCUT2D eigenvalue weighted by atomic mass is 79.9. The van der Waals surface area contributed by atoms with Gasteiger partial charge in [-0.25, -0.2) is 0 Å². The van der Waals surface area contributed by atoms with Gasteiger partial charge in [0.1, 0.15) is 4.60 Å². The van der Waals surface area contributed by atoms with Crippen molar-refractivity contribution in [3.63, 3.8) is 0 Å². The number of halogens is 1. The van der Waals surface area contributed by atoms with Gasteiger partial charge in [0.15, 0.2) is 0 Å². The molecule has 0 saturated carbocycles. The van der Waals surface area contributed by atoms with E-state index >= 15 is 0 Å². The number of benzene rings is 1. The van der Waals surface area contributed by atoms with Gasteiger partial charge in [0, 0.05) is 10.9 Å². The number of rotatable bonds is 0. The highest BCUT2D eigenvalue weighted by Gasteiger charge is 1.96. The van der Waals surface area contributed by atoms with Gasteiger partial charge in [-0.2, -0.15) is 4.37 Å². The molecular weight excluding hydrogens is 258 g/mol. The second-order valence-electron chi connectivity index (χ2n) is 2.64. The average molecular weight is 264 g/mol. The minimum atomic E-state index is 0.825. The molecular formula is C11H6BrNS. The molecule has 1 nitrogen and oxygen atoms in total. The van der Waals surface area contributed by atoms with E-state index < -0.39 is 0 Å². The second kappa shape index (κ2) is 4.41. The molecule has 68 valence electrons. The smallest absolute Gasteiger partial charge is 0.135 e. The first-order chi connectivity index (χ1) is 6.86. The van der Waals surface area contributed by atoms with Crippen molar-refractivity contribution in [2.24, 2.45) is 0 Å². The summed E-state index contributed by atoms with van der Waals surface area (Å²) >= 11 is 4.74. The molecule has 1 aromatic heterocycles. The lowest BCUT2D eigenvalue weighted by atomic mass is 10.2. The molecule has 0 radical (unpaired) electrons. The third-order valence-electron chi connectivity index (χ3n) is 1.64. The Balaban J connectivity index is 2.28. The minimum Gasteiger partial charge on any atom is -0.184 e. The SMILES string of the molecule is Brc1nscc1C#Cc1ccccc1. The summed E-state index contributed by atoms with van der Waals surface area (Å²) in [6.07, 6.45) is 0. The molecule has 1 heterocycles. The molecule has 1 aromatic carbocycles. The zero-order valence-corrected chi connectivity index (χ0v) is 9.60. The van der Waals surface area contributed by atoms with Crippen LogP contribution in [0.25, 0.3) is 0 Å². The van der Waals surface area contributed by atoms with Gasteiger partial charge in [0.05, 0.1) is 5.56 Å². The molecule has 0 atom stereocenters. The van der Waals surface area contributed by atoms with Crippen molar-refractivity contribution in [2.45, 2.75) is 0 Å². The molecule has 0 unspecified atom stereocenters. The maximum absolute atomic E-state index is 4.08. The first-order valence-electron chi connectivity index (χ1n) is 4.03. The van der Waals surface area contributed by atoms with Crippen LogP contribution in [0, 0.1) is 11.8 Å². The summed E-state index contributed by atoms with van der Waals surface area (Å²) in [5, 5.41) is 1.93. The van der Waals surface area contributed by atoms with Crippen LogP contribution in [0.4, 0.5) is 0 Å². The standard InChI is InChI=1S/C11H6BrNS/c12-11-10(8-14-13-11)7-6-9-4-2-1-3-5-9/h1-5,8H. The molecule has 3 heteroatoms. The minimum absolute atomic E-state index is 0.825. The van der Waals surface area contributed by atoms with E-state index in [1.807, 2.05) is 35.7 Å². The molecule has 0 amide bonds. The van der Waals surface area contributed by atoms with Crippen molar-refractivity contribution in [2.75, 3.05) is 0 Å². The molecule has 0 spiro atoms. The highest BCUT2D eigenvalue weighted by molar-refractivity contribution is 9.10. The van der Waals surface area contributed by atoms with Crippen LogP contribution in [-0.2, 0) is 0 Å². The van der Waals surface area contributed by atoms with Crippen LogP contribution in [0.3, 0.4) is 0 Å². The van der Waals surface area contributed by atoms with E-state index in [-0.39, 0.29) is 0 Å². The summed E-state index contributed by atoms with van der Waals surface area (Å²) in [6.45, 7) is 0. The molecule has 0 aliphatic rings. The third kappa shape index (κ3) is 2.22. The molecule has 2 rings (SSSR count). The van der Waals surface area contributed by atoms with E-state index in [0.717, 1.165) is 15.7 Å². The topological polar surface area (TPSA) is 12.9 Å². The summed E-state index contributed by atoms with van der Waals surface area (Å²) in [5.74, 6) is 6.13. The van der Waals surface area contributed by atoms with Crippen molar-refractivity contribution < 1.29 is 0 Å². The third-order valence-corrected chi connectivity index (χ3v) is 3.11. The fourth-order valence-corrected chi connectivity index (χ4v) is 2.10. The van der Waals surface area contributed by atoms with Gasteiger partial charge in [0.25, 0.3) is 0 Å². The van der Waals surface area contributed by atoms with E-state index in [1.165, 1.54) is 11.5 Å². The van der Waals surface area contributed by atoms with Gasteiger partial charge in [0.2, 0.25) is 0 Å². The molecule has 0 fully saturated rings. The lowest BCUT2D eigenvalue weighted by molar-refractivity contribution is 1.47. The predicted molar refractivity (Wildman–Crippen MR) is 62.2 cm³/mol. The van der Waals surface area contributed by atoms with Crippen LogP contribution >= 0.6 is 27.5 Å². The van der Waals surface area contributed by atoms with Crippen molar-refractivity contribution >= 4 is 27.5 Å². The van der Waals surface area contributed by atoms with Gasteiger partial charge < -0.3 is 0 Å². The highest BCUT2D eigenvalue weighted by Crippen LogP contribution is 2.15. The Morgan fingerprint density at radius 1 is 1.14 bits per heavy atom. The largest absolute Gasteiger partial charge is 0.184 e. The predicted octanol–water partition coefficient (Wildman–Crippen LogP) is 3.31. The van der Waals surface area contributed by atoms with Gasteiger partial charge in [-0.15, -0.1) is 0 Å². The van der Waals surface area contributed by atoms with Crippen molar-refractivity contribution in [1.29, 1.82) is 0 Å². The molecule has 0 aliphatic heterocycles. The fraction of sp³-hybridized carbons (Fsp3) is 0. The normalized spacial score (nSPS) is 9.21. The lowest BCUT2D eigenvalue weighted by Crippen LogP contribution is -1.73. The van der Waals surface area contributed by atoms with Crippen LogP contribution in [0.5, 0.6) is 0 Å². The summed E-state index contributed by atoms with van der Waals surface area (Å²) < 4.78 is 4.91. The molecule has 0 bridgehead atoms. The number of nitrogens with zero attached hydrogens (tertiary/aromatic N) is 1. The zero-order valence-electron chi connectivity index (χ0n) is 7.20. The van der Waals surface area contributed by atoms with Crippen molar-refractivity contribution in [3.8, 4) is 11.8 Å². The summed E-state index contributed by atoms with van der Waals surface area (Å²) in [5.41, 5.74) is 1.96. The van der Waals surface area contributed by atoms with Crippen molar-refractivity contribution in [1.82, 2.24) is 4.37 Å². The quantitative estimate of drug-likeness (QED) is 0.665. The Labute approximate surface area is 95.1 Å². The lowest BCUT2D eigenvalue weighted by Gasteiger charge is -1.86. The van der Waals surface area contributed by atoms with E-state index in [1.54, 1.807) is 0 Å². The van der Waals surface area contributed by atoms with E-state index in [0.29, 0.717) is 0 Å². The molecule has 0 N–H and O–H groups in total. The van der Waals surface area contributed by atoms with E-state index in [4.69, 9.17) is 0 Å². The number of hydrogen-bond acceptors (Lipinski definition) is 2. The fourth-order valence-electron chi connectivity index (χ4n) is 0.965. The van der Waals surface area contributed by atoms with Crippen LogP contribution in [0.2, 0.25) is 0 Å². The Hall–Kier alpha value is -1.11. The number of aromatic nitrogens is 1. The van der Waals surface area contributed by atoms with Crippen LogP contribution in [0.15, 0.2) is 40.3 Å². The molecule has 2 aromatic rings. The molecule has 0 aliphatic carbocycles. The Kier molecular flexibility index (Phi) is 2.97. The summed E-state index contributed by atoms with van der Waals surface area (Å²) in [4.78, 5) is 0. The average Bonchev–Trinajstić information content (AvgIpc) is 2.63. The Bertz CT molecular complexity index is 479. The molecule has 0 saturated heterocycles. The maximum atomic E-state index is 4.08. The first-order valence-corrected chi connectivity index (χ1v) is 5.66. The van der Waals surface area contributed by atoms with Gasteiger partial charge in [-0.05, 0) is 39.6 Å². The Morgan fingerprint density at radius 3 is 2.57 bits per heavy atom. The maximum Gasteiger partial charge on any atom is 0.135 e. The van der Waals surface area contributed by atoms with Gasteiger partial charge in [-0.3, -0.25) is 0 Å². The molecule has 14 heavy (non-hydrogen) atoms. The van der Waals surface area contributed by atoms with Crippen LogP contribution in [0.1, 0.15) is 11.1 Å². The first kappa shape index (κ1) is 9.45. The van der Waals surface area contributed by atoms with Crippen molar-refractivity contribution in [3.05, 3.63) is 51.4 Å². The zero-order chi connectivity index (χ0) is 9.80. The van der Waals surface area contributed by atoms with E-state index in [9.17, 15) is 0 Å². The van der Waals surface area contributed by atoms with Crippen LogP contribution in [-0.4, -0.2) is 4.37 Å². The summed E-state index contributed by atoms with van der Waals surface area (Å²) in [7, 11) is 0. The van der Waals surface area contributed by atoms with Crippen LogP contribution < -0.4 is 0 Å².